The van der Waals surface area contributed by atoms with Crippen molar-refractivity contribution in [1.29, 1.82) is 0 Å². The van der Waals surface area contributed by atoms with E-state index in [1.165, 1.54) is 22.2 Å². The monoisotopic (exact) mass is 459 g/mol. The molecule has 0 atom stereocenters. The Morgan fingerprint density at radius 3 is 2.68 bits per heavy atom. The molecule has 0 aliphatic carbocycles. The molecule has 3 rings (SSSR count). The highest BCUT2D eigenvalue weighted by Crippen LogP contribution is 2.29. The molecular weight excluding hydrogens is 430 g/mol. The molecule has 0 aliphatic rings. The van der Waals surface area contributed by atoms with Crippen LogP contribution in [0.2, 0.25) is 0 Å². The van der Waals surface area contributed by atoms with E-state index >= 15 is 0 Å². The number of rotatable bonds is 10. The van der Waals surface area contributed by atoms with E-state index in [-0.39, 0.29) is 17.2 Å². The Kier molecular flexibility index (Phi) is 8.28. The summed E-state index contributed by atoms with van der Waals surface area (Å²) in [5, 5.41) is 4.16. The molecule has 0 saturated carbocycles. The predicted octanol–water partition coefficient (Wildman–Crippen LogP) is 3.93. The summed E-state index contributed by atoms with van der Waals surface area (Å²) < 4.78 is 6.71. The predicted molar refractivity (Wildman–Crippen MR) is 129 cm³/mol. The third-order valence-corrected chi connectivity index (χ3v) is 7.38. The molecule has 2 aromatic heterocycles. The molecule has 0 saturated heterocycles. The molecule has 0 bridgehead atoms. The van der Waals surface area contributed by atoms with Gasteiger partial charge in [-0.15, -0.1) is 11.3 Å². The SMILES string of the molecule is CCc1sc2nc(SCC(=O)NCCCOC)n(Cc3ccc(C)cc3)c(=O)c2c1C. The van der Waals surface area contributed by atoms with Gasteiger partial charge in [0.15, 0.2) is 5.16 Å². The fraction of sp³-hybridized carbons (Fsp3) is 0.435. The van der Waals surface area contributed by atoms with Crippen LogP contribution in [-0.2, 0) is 22.5 Å². The highest BCUT2D eigenvalue weighted by Gasteiger charge is 2.18. The topological polar surface area (TPSA) is 73.2 Å². The van der Waals surface area contributed by atoms with Gasteiger partial charge in [0.1, 0.15) is 4.83 Å². The first-order chi connectivity index (χ1) is 14.9. The molecule has 1 amide bonds. The Labute approximate surface area is 191 Å². The maximum atomic E-state index is 13.5. The lowest BCUT2D eigenvalue weighted by atomic mass is 10.1. The number of benzene rings is 1. The second-order valence-corrected chi connectivity index (χ2v) is 9.47. The smallest absolute Gasteiger partial charge is 0.263 e. The van der Waals surface area contributed by atoms with Gasteiger partial charge in [0.25, 0.3) is 5.56 Å². The molecule has 0 aliphatic heterocycles. The van der Waals surface area contributed by atoms with Crippen LogP contribution >= 0.6 is 23.1 Å². The molecule has 166 valence electrons. The van der Waals surface area contributed by atoms with Crippen LogP contribution < -0.4 is 10.9 Å². The van der Waals surface area contributed by atoms with Crippen molar-refractivity contribution < 1.29 is 9.53 Å². The lowest BCUT2D eigenvalue weighted by Crippen LogP contribution is -2.28. The van der Waals surface area contributed by atoms with Gasteiger partial charge >= 0.3 is 0 Å². The summed E-state index contributed by atoms with van der Waals surface area (Å²) in [5.41, 5.74) is 3.18. The molecule has 2 heterocycles. The van der Waals surface area contributed by atoms with E-state index in [0.29, 0.717) is 30.2 Å². The summed E-state index contributed by atoms with van der Waals surface area (Å²) in [6.45, 7) is 7.73. The van der Waals surface area contributed by atoms with Crippen LogP contribution in [0.4, 0.5) is 0 Å². The van der Waals surface area contributed by atoms with Crippen LogP contribution in [0, 0.1) is 13.8 Å². The number of methoxy groups -OCH3 is 1. The number of thioether (sulfide) groups is 1. The number of thiophene rings is 1. The largest absolute Gasteiger partial charge is 0.385 e. The first kappa shape index (κ1) is 23.5. The van der Waals surface area contributed by atoms with Crippen LogP contribution in [0.3, 0.4) is 0 Å². The third kappa shape index (κ3) is 5.75. The minimum absolute atomic E-state index is 0.0398. The van der Waals surface area contributed by atoms with E-state index in [2.05, 4.69) is 12.2 Å². The van der Waals surface area contributed by atoms with Crippen molar-refractivity contribution >= 4 is 39.2 Å². The average molecular weight is 460 g/mol. The van der Waals surface area contributed by atoms with Gasteiger partial charge in [0.2, 0.25) is 5.91 Å². The maximum Gasteiger partial charge on any atom is 0.263 e. The second kappa shape index (κ2) is 10.9. The van der Waals surface area contributed by atoms with Crippen LogP contribution in [0.25, 0.3) is 10.2 Å². The van der Waals surface area contributed by atoms with Crippen molar-refractivity contribution in [3.8, 4) is 0 Å². The average Bonchev–Trinajstić information content (AvgIpc) is 3.09. The van der Waals surface area contributed by atoms with Gasteiger partial charge in [0.05, 0.1) is 17.7 Å². The van der Waals surface area contributed by atoms with Crippen molar-refractivity contribution in [2.45, 2.75) is 45.3 Å². The van der Waals surface area contributed by atoms with Gasteiger partial charge < -0.3 is 10.1 Å². The number of nitrogens with one attached hydrogen (secondary N) is 1. The van der Waals surface area contributed by atoms with Crippen molar-refractivity contribution in [1.82, 2.24) is 14.9 Å². The molecule has 8 heteroatoms. The molecular formula is C23H29N3O3S2. The number of aryl methyl sites for hydroxylation is 3. The Hall–Kier alpha value is -2.16. The normalized spacial score (nSPS) is 11.2. The maximum absolute atomic E-state index is 13.5. The number of carbonyl (C=O) groups is 1. The molecule has 0 unspecified atom stereocenters. The fourth-order valence-corrected chi connectivity index (χ4v) is 5.32. The number of hydrogen-bond acceptors (Lipinski definition) is 6. The minimum atomic E-state index is -0.0751. The molecule has 3 aromatic rings. The molecule has 6 nitrogen and oxygen atoms in total. The second-order valence-electron chi connectivity index (χ2n) is 7.44. The van der Waals surface area contributed by atoms with Gasteiger partial charge in [-0.05, 0) is 37.8 Å². The zero-order chi connectivity index (χ0) is 22.4. The summed E-state index contributed by atoms with van der Waals surface area (Å²) in [6.07, 6.45) is 1.64. The third-order valence-electron chi connectivity index (χ3n) is 5.08. The summed E-state index contributed by atoms with van der Waals surface area (Å²) >= 11 is 2.88. The van der Waals surface area contributed by atoms with E-state index in [1.807, 2.05) is 38.1 Å². The van der Waals surface area contributed by atoms with Crippen molar-refractivity contribution in [3.05, 3.63) is 56.2 Å². The van der Waals surface area contributed by atoms with Crippen LogP contribution in [0.15, 0.2) is 34.2 Å². The number of fused-ring (bicyclic) bond motifs is 1. The van der Waals surface area contributed by atoms with E-state index in [1.54, 1.807) is 23.0 Å². The number of carbonyl (C=O) groups excluding carboxylic acids is 1. The summed E-state index contributed by atoms with van der Waals surface area (Å²) in [6, 6.07) is 8.14. The van der Waals surface area contributed by atoms with E-state index < -0.39 is 0 Å². The molecule has 31 heavy (non-hydrogen) atoms. The van der Waals surface area contributed by atoms with Crippen molar-refractivity contribution in [3.63, 3.8) is 0 Å². The summed E-state index contributed by atoms with van der Waals surface area (Å²) in [5.74, 6) is 0.137. The zero-order valence-corrected chi connectivity index (χ0v) is 20.1. The highest BCUT2D eigenvalue weighted by molar-refractivity contribution is 7.99. The fourth-order valence-electron chi connectivity index (χ4n) is 3.33. The van der Waals surface area contributed by atoms with E-state index in [9.17, 15) is 9.59 Å². The molecule has 0 spiro atoms. The Balaban J connectivity index is 1.91. The van der Waals surface area contributed by atoms with Crippen LogP contribution in [-0.4, -0.2) is 41.5 Å². The summed E-state index contributed by atoms with van der Waals surface area (Å²) in [7, 11) is 1.64. The van der Waals surface area contributed by atoms with E-state index in [4.69, 9.17) is 9.72 Å². The molecule has 0 fully saturated rings. The van der Waals surface area contributed by atoms with Gasteiger partial charge in [-0.2, -0.15) is 0 Å². The first-order valence-electron chi connectivity index (χ1n) is 10.4. The minimum Gasteiger partial charge on any atom is -0.385 e. The Bertz CT molecular complexity index is 1100. The molecule has 1 aromatic carbocycles. The van der Waals surface area contributed by atoms with E-state index in [0.717, 1.165) is 28.8 Å². The van der Waals surface area contributed by atoms with Crippen molar-refractivity contribution in [2.75, 3.05) is 26.0 Å². The van der Waals surface area contributed by atoms with Crippen molar-refractivity contribution in [2.24, 2.45) is 0 Å². The first-order valence-corrected chi connectivity index (χ1v) is 12.2. The summed E-state index contributed by atoms with van der Waals surface area (Å²) in [4.78, 5) is 32.5. The number of aromatic nitrogens is 2. The quantitative estimate of drug-likeness (QED) is 0.283. The number of amides is 1. The van der Waals surface area contributed by atoms with Crippen LogP contribution in [0.1, 0.15) is 34.9 Å². The Morgan fingerprint density at radius 2 is 2.00 bits per heavy atom. The van der Waals surface area contributed by atoms with Gasteiger partial charge in [-0.25, -0.2) is 4.98 Å². The number of ether oxygens (including phenoxy) is 1. The Morgan fingerprint density at radius 1 is 1.26 bits per heavy atom. The number of nitrogens with zero attached hydrogens (tertiary/aromatic N) is 2. The molecule has 0 radical (unpaired) electrons. The standard InChI is InChI=1S/C23H29N3O3S2/c1-5-18-16(3)20-21(31-18)25-23(30-14-19(27)24-11-6-12-29-4)26(22(20)28)13-17-9-7-15(2)8-10-17/h7-10H,5-6,11-14H2,1-4H3,(H,24,27). The van der Waals surface area contributed by atoms with Gasteiger partial charge in [0, 0.05) is 25.1 Å². The highest BCUT2D eigenvalue weighted by atomic mass is 32.2. The lowest BCUT2D eigenvalue weighted by Gasteiger charge is -2.13. The number of hydrogen-bond donors (Lipinski definition) is 1. The van der Waals surface area contributed by atoms with Crippen LogP contribution in [0.5, 0.6) is 0 Å². The lowest BCUT2D eigenvalue weighted by molar-refractivity contribution is -0.118. The molecule has 1 N–H and O–H groups in total. The van der Waals surface area contributed by atoms with Gasteiger partial charge in [-0.3, -0.25) is 14.2 Å². The zero-order valence-electron chi connectivity index (χ0n) is 18.5. The van der Waals surface area contributed by atoms with Gasteiger partial charge in [-0.1, -0.05) is 48.5 Å².